The van der Waals surface area contributed by atoms with Gasteiger partial charge in [0.15, 0.2) is 11.5 Å². The topological polar surface area (TPSA) is 94.2 Å². The first-order valence-electron chi connectivity index (χ1n) is 7.39. The molecular weight excluding hydrogens is 324 g/mol. The summed E-state index contributed by atoms with van der Waals surface area (Å²) in [5, 5.41) is 0. The SMILES string of the molecule is O=C1OC(CNS(=O)(=O)c2ccc3c(c2)OCO3)CN1C1CC1. The largest absolute Gasteiger partial charge is 0.454 e. The predicted molar refractivity (Wildman–Crippen MR) is 77.8 cm³/mol. The highest BCUT2D eigenvalue weighted by molar-refractivity contribution is 7.89. The number of nitrogens with zero attached hydrogens (tertiary/aromatic N) is 1. The van der Waals surface area contributed by atoms with Crippen LogP contribution in [0.3, 0.4) is 0 Å². The Bertz CT molecular complexity index is 746. The lowest BCUT2D eigenvalue weighted by atomic mass is 10.3. The second kappa shape index (κ2) is 5.27. The number of nitrogens with one attached hydrogen (secondary N) is 1. The van der Waals surface area contributed by atoms with E-state index >= 15 is 0 Å². The highest BCUT2D eigenvalue weighted by Crippen LogP contribution is 2.34. The Hall–Kier alpha value is -2.00. The molecule has 2 aliphatic heterocycles. The van der Waals surface area contributed by atoms with Gasteiger partial charge in [-0.1, -0.05) is 0 Å². The number of fused-ring (bicyclic) bond motifs is 1. The number of amides is 1. The smallest absolute Gasteiger partial charge is 0.410 e. The van der Waals surface area contributed by atoms with Crippen LogP contribution in [0.4, 0.5) is 4.79 Å². The number of rotatable bonds is 5. The summed E-state index contributed by atoms with van der Waals surface area (Å²) in [5.74, 6) is 0.925. The van der Waals surface area contributed by atoms with Crippen molar-refractivity contribution in [3.8, 4) is 11.5 Å². The molecule has 1 amide bonds. The lowest BCUT2D eigenvalue weighted by Crippen LogP contribution is -2.35. The molecule has 8 nitrogen and oxygen atoms in total. The normalized spacial score (nSPS) is 23.2. The predicted octanol–water partition coefficient (Wildman–Crippen LogP) is 0.677. The van der Waals surface area contributed by atoms with Crippen LogP contribution in [0.1, 0.15) is 12.8 Å². The summed E-state index contributed by atoms with van der Waals surface area (Å²) in [4.78, 5) is 13.4. The molecular formula is C14H16N2O6S. The van der Waals surface area contributed by atoms with Crippen LogP contribution in [0, 0.1) is 0 Å². The second-order valence-electron chi connectivity index (χ2n) is 5.76. The van der Waals surface area contributed by atoms with Crippen LogP contribution in [0.25, 0.3) is 0 Å². The molecule has 0 spiro atoms. The molecule has 124 valence electrons. The van der Waals surface area contributed by atoms with Crippen LogP contribution in [0.5, 0.6) is 11.5 Å². The minimum Gasteiger partial charge on any atom is -0.454 e. The van der Waals surface area contributed by atoms with Crippen LogP contribution >= 0.6 is 0 Å². The fourth-order valence-electron chi connectivity index (χ4n) is 2.66. The van der Waals surface area contributed by atoms with Gasteiger partial charge < -0.3 is 19.1 Å². The van der Waals surface area contributed by atoms with Gasteiger partial charge in [0.25, 0.3) is 0 Å². The van der Waals surface area contributed by atoms with Gasteiger partial charge >= 0.3 is 6.09 Å². The van der Waals surface area contributed by atoms with Crippen molar-refractivity contribution < 1.29 is 27.4 Å². The third kappa shape index (κ3) is 2.81. The molecule has 1 aromatic rings. The van der Waals surface area contributed by atoms with Gasteiger partial charge in [-0.15, -0.1) is 0 Å². The Morgan fingerprint density at radius 2 is 2.00 bits per heavy atom. The van der Waals surface area contributed by atoms with E-state index in [1.165, 1.54) is 12.1 Å². The maximum atomic E-state index is 12.3. The summed E-state index contributed by atoms with van der Waals surface area (Å²) in [6.45, 7) is 0.556. The molecule has 2 heterocycles. The first kappa shape index (κ1) is 14.6. The summed E-state index contributed by atoms with van der Waals surface area (Å²) in [6.07, 6.45) is 1.15. The van der Waals surface area contributed by atoms with Crippen molar-refractivity contribution >= 4 is 16.1 Å². The van der Waals surface area contributed by atoms with E-state index in [1.807, 2.05) is 0 Å². The molecule has 2 fully saturated rings. The first-order valence-corrected chi connectivity index (χ1v) is 8.88. The van der Waals surface area contributed by atoms with Gasteiger partial charge in [0.2, 0.25) is 16.8 Å². The zero-order valence-electron chi connectivity index (χ0n) is 12.2. The number of ether oxygens (including phenoxy) is 3. The van der Waals surface area contributed by atoms with Crippen molar-refractivity contribution in [2.45, 2.75) is 29.9 Å². The minimum absolute atomic E-state index is 0.0474. The monoisotopic (exact) mass is 340 g/mol. The number of cyclic esters (lactones) is 1. The van der Waals surface area contributed by atoms with Crippen LogP contribution in [0.15, 0.2) is 23.1 Å². The molecule has 9 heteroatoms. The van der Waals surface area contributed by atoms with Crippen molar-refractivity contribution in [1.29, 1.82) is 0 Å². The minimum atomic E-state index is -3.70. The van der Waals surface area contributed by atoms with E-state index in [4.69, 9.17) is 14.2 Å². The molecule has 1 saturated carbocycles. The Morgan fingerprint density at radius 1 is 1.22 bits per heavy atom. The zero-order valence-corrected chi connectivity index (χ0v) is 13.0. The van der Waals surface area contributed by atoms with E-state index in [1.54, 1.807) is 11.0 Å². The van der Waals surface area contributed by atoms with E-state index in [-0.39, 0.29) is 30.4 Å². The van der Waals surface area contributed by atoms with Crippen molar-refractivity contribution in [1.82, 2.24) is 9.62 Å². The molecule has 0 aromatic heterocycles. The number of benzene rings is 1. The Morgan fingerprint density at radius 3 is 2.78 bits per heavy atom. The zero-order chi connectivity index (χ0) is 16.0. The third-order valence-electron chi connectivity index (χ3n) is 4.05. The van der Waals surface area contributed by atoms with Gasteiger partial charge in [-0.2, -0.15) is 0 Å². The second-order valence-corrected chi connectivity index (χ2v) is 7.52. The van der Waals surface area contributed by atoms with Crippen molar-refractivity contribution in [2.24, 2.45) is 0 Å². The molecule has 0 bridgehead atoms. The Labute approximate surface area is 133 Å². The molecule has 1 aromatic carbocycles. The van der Waals surface area contributed by atoms with E-state index in [2.05, 4.69) is 4.72 Å². The molecule has 1 aliphatic carbocycles. The van der Waals surface area contributed by atoms with Gasteiger partial charge in [-0.3, -0.25) is 0 Å². The van der Waals surface area contributed by atoms with E-state index < -0.39 is 16.1 Å². The van der Waals surface area contributed by atoms with Crippen molar-refractivity contribution in [2.75, 3.05) is 19.9 Å². The molecule has 1 unspecified atom stereocenters. The lowest BCUT2D eigenvalue weighted by molar-refractivity contribution is 0.133. The van der Waals surface area contributed by atoms with Gasteiger partial charge in [0.1, 0.15) is 6.10 Å². The highest BCUT2D eigenvalue weighted by atomic mass is 32.2. The molecule has 1 N–H and O–H groups in total. The number of sulfonamides is 1. The standard InChI is InChI=1S/C14H16N2O6S/c17-14-16(9-1-2-9)7-10(22-14)6-15-23(18,19)11-3-4-12-13(5-11)21-8-20-12/h3-5,9-10,15H,1-2,6-8H2. The molecule has 3 aliphatic rings. The third-order valence-corrected chi connectivity index (χ3v) is 5.47. The molecule has 1 saturated heterocycles. The summed E-state index contributed by atoms with van der Waals surface area (Å²) >= 11 is 0. The summed E-state index contributed by atoms with van der Waals surface area (Å²) in [7, 11) is -3.70. The molecule has 0 radical (unpaired) electrons. The number of carbonyl (C=O) groups is 1. The van der Waals surface area contributed by atoms with Crippen LogP contribution in [0.2, 0.25) is 0 Å². The van der Waals surface area contributed by atoms with Gasteiger partial charge in [0.05, 0.1) is 11.4 Å². The van der Waals surface area contributed by atoms with Crippen LogP contribution < -0.4 is 14.2 Å². The molecule has 4 rings (SSSR count). The summed E-state index contributed by atoms with van der Waals surface area (Å²) in [6, 6.07) is 4.69. The maximum absolute atomic E-state index is 12.3. The van der Waals surface area contributed by atoms with Crippen LogP contribution in [-0.2, 0) is 14.8 Å². The first-order chi connectivity index (χ1) is 11.0. The van der Waals surface area contributed by atoms with Crippen LogP contribution in [-0.4, -0.2) is 51.4 Å². The van der Waals surface area contributed by atoms with Gasteiger partial charge in [-0.25, -0.2) is 17.9 Å². The highest BCUT2D eigenvalue weighted by Gasteiger charge is 2.41. The van der Waals surface area contributed by atoms with Crippen molar-refractivity contribution in [3.05, 3.63) is 18.2 Å². The van der Waals surface area contributed by atoms with E-state index in [9.17, 15) is 13.2 Å². The van der Waals surface area contributed by atoms with E-state index in [0.29, 0.717) is 18.0 Å². The average molecular weight is 340 g/mol. The maximum Gasteiger partial charge on any atom is 0.410 e. The summed E-state index contributed by atoms with van der Waals surface area (Å²) < 4.78 is 42.7. The quantitative estimate of drug-likeness (QED) is 0.847. The van der Waals surface area contributed by atoms with Crippen molar-refractivity contribution in [3.63, 3.8) is 0 Å². The molecule has 1 atom stereocenters. The number of hydrogen-bond donors (Lipinski definition) is 1. The fraction of sp³-hybridized carbons (Fsp3) is 0.500. The van der Waals surface area contributed by atoms with Gasteiger partial charge in [-0.05, 0) is 25.0 Å². The summed E-state index contributed by atoms with van der Waals surface area (Å²) in [5.41, 5.74) is 0. The Balaban J connectivity index is 1.41. The van der Waals surface area contributed by atoms with Gasteiger partial charge in [0, 0.05) is 18.7 Å². The average Bonchev–Trinajstić information content (AvgIpc) is 3.13. The van der Waals surface area contributed by atoms with E-state index in [0.717, 1.165) is 12.8 Å². The molecule has 23 heavy (non-hydrogen) atoms. The Kier molecular flexibility index (Phi) is 3.34. The number of hydrogen-bond acceptors (Lipinski definition) is 6. The lowest BCUT2D eigenvalue weighted by Gasteiger charge is -2.12. The number of carbonyl (C=O) groups excluding carboxylic acids is 1. The fourth-order valence-corrected chi connectivity index (χ4v) is 3.74.